The normalized spacial score (nSPS) is 16.6. The first-order valence-corrected chi connectivity index (χ1v) is 8.55. The second-order valence-corrected chi connectivity index (χ2v) is 6.33. The van der Waals surface area contributed by atoms with Crippen molar-refractivity contribution in [1.82, 2.24) is 15.2 Å². The Bertz CT molecular complexity index is 478. The lowest BCUT2D eigenvalue weighted by Gasteiger charge is -2.35. The molecule has 116 valence electrons. The van der Waals surface area contributed by atoms with Crippen LogP contribution in [0.4, 0.5) is 0 Å². The average molecular weight is 306 g/mol. The highest BCUT2D eigenvalue weighted by Gasteiger charge is 2.22. The summed E-state index contributed by atoms with van der Waals surface area (Å²) < 4.78 is 0. The van der Waals surface area contributed by atoms with Gasteiger partial charge in [0.15, 0.2) is 0 Å². The van der Waals surface area contributed by atoms with Crippen LogP contribution < -0.4 is 11.1 Å². The summed E-state index contributed by atoms with van der Waals surface area (Å²) in [5.74, 6) is 0. The maximum absolute atomic E-state index is 5.53. The van der Waals surface area contributed by atoms with Crippen LogP contribution in [-0.2, 0) is 0 Å². The molecular weight excluding hydrogens is 280 g/mol. The van der Waals surface area contributed by atoms with Gasteiger partial charge in [0.25, 0.3) is 0 Å². The predicted molar refractivity (Wildman–Crippen MR) is 90.2 cm³/mol. The van der Waals surface area contributed by atoms with Crippen molar-refractivity contribution in [2.24, 2.45) is 5.73 Å². The number of hydrogen-bond donors (Lipinski definition) is 2. The highest BCUT2D eigenvalue weighted by molar-refractivity contribution is 7.09. The van der Waals surface area contributed by atoms with Crippen LogP contribution in [-0.4, -0.2) is 36.1 Å². The van der Waals surface area contributed by atoms with Gasteiger partial charge in [0.1, 0.15) is 5.01 Å². The molecule has 0 radical (unpaired) electrons. The Kier molecular flexibility index (Phi) is 6.42. The molecule has 1 atom stereocenters. The van der Waals surface area contributed by atoms with Crippen molar-refractivity contribution in [2.45, 2.75) is 32.7 Å². The van der Waals surface area contributed by atoms with E-state index in [2.05, 4.69) is 41.2 Å². The van der Waals surface area contributed by atoms with Crippen LogP contribution in [0.3, 0.4) is 0 Å². The number of thiazole rings is 1. The fourth-order valence-corrected chi connectivity index (χ4v) is 3.29. The van der Waals surface area contributed by atoms with E-state index in [1.807, 2.05) is 11.6 Å². The van der Waals surface area contributed by atoms with E-state index in [0.29, 0.717) is 6.04 Å². The van der Waals surface area contributed by atoms with Gasteiger partial charge in [-0.2, -0.15) is 0 Å². The molecule has 1 aliphatic heterocycles. The number of hydrogen-bond acceptors (Lipinski definition) is 5. The Morgan fingerprint density at radius 3 is 3.05 bits per heavy atom. The first-order valence-electron chi connectivity index (χ1n) is 7.67. The third kappa shape index (κ3) is 4.40. The van der Waals surface area contributed by atoms with E-state index in [0.717, 1.165) is 39.0 Å². The Morgan fingerprint density at radius 1 is 1.48 bits per heavy atom. The van der Waals surface area contributed by atoms with Crippen molar-refractivity contribution in [3.05, 3.63) is 40.0 Å². The number of nitrogens with two attached hydrogens (primary N) is 1. The van der Waals surface area contributed by atoms with Crippen LogP contribution >= 0.6 is 11.3 Å². The molecule has 1 unspecified atom stereocenters. The molecule has 0 fully saturated rings. The fourth-order valence-electron chi connectivity index (χ4n) is 2.58. The lowest BCUT2D eigenvalue weighted by atomic mass is 10.1. The summed E-state index contributed by atoms with van der Waals surface area (Å²) in [6, 6.07) is 0.325. The Hall–Kier alpha value is -1.17. The Morgan fingerprint density at radius 2 is 2.33 bits per heavy atom. The number of rotatable bonds is 8. The molecule has 1 aromatic rings. The van der Waals surface area contributed by atoms with Crippen molar-refractivity contribution in [1.29, 1.82) is 0 Å². The molecule has 3 N–H and O–H groups in total. The standard InChI is InChI=1S/C16H26N4S/c1-13-6-5-10-20(14(2)16-19-9-11-21-16)15(13)12-18-8-4-3-7-17/h5-6,9,11,14,18H,3-4,7-8,10,12,17H2,1-2H3. The van der Waals surface area contributed by atoms with Gasteiger partial charge in [-0.15, -0.1) is 11.3 Å². The zero-order chi connectivity index (χ0) is 15.1. The third-order valence-corrected chi connectivity index (χ3v) is 4.79. The van der Waals surface area contributed by atoms with Gasteiger partial charge >= 0.3 is 0 Å². The van der Waals surface area contributed by atoms with Crippen molar-refractivity contribution in [3.63, 3.8) is 0 Å². The van der Waals surface area contributed by atoms with Crippen molar-refractivity contribution < 1.29 is 0 Å². The minimum atomic E-state index is 0.325. The van der Waals surface area contributed by atoms with E-state index in [1.165, 1.54) is 16.3 Å². The van der Waals surface area contributed by atoms with Crippen LogP contribution in [0, 0.1) is 0 Å². The maximum Gasteiger partial charge on any atom is 0.115 e. The quantitative estimate of drug-likeness (QED) is 0.725. The zero-order valence-corrected chi connectivity index (χ0v) is 13.8. The smallest absolute Gasteiger partial charge is 0.115 e. The maximum atomic E-state index is 5.53. The summed E-state index contributed by atoms with van der Waals surface area (Å²) in [7, 11) is 0. The van der Waals surface area contributed by atoms with E-state index in [4.69, 9.17) is 5.73 Å². The Balaban J connectivity index is 1.98. The Labute approximate surface area is 131 Å². The molecule has 0 bridgehead atoms. The summed E-state index contributed by atoms with van der Waals surface area (Å²) in [5.41, 5.74) is 8.26. The summed E-state index contributed by atoms with van der Waals surface area (Å²) in [6.07, 6.45) is 8.57. The largest absolute Gasteiger partial charge is 0.361 e. The van der Waals surface area contributed by atoms with E-state index < -0.39 is 0 Å². The molecule has 0 spiro atoms. The monoisotopic (exact) mass is 306 g/mol. The van der Waals surface area contributed by atoms with Crippen LogP contribution in [0.1, 0.15) is 37.7 Å². The van der Waals surface area contributed by atoms with E-state index in [9.17, 15) is 0 Å². The molecule has 0 amide bonds. The molecule has 0 aromatic carbocycles. The summed E-state index contributed by atoms with van der Waals surface area (Å²) in [4.78, 5) is 6.92. The number of unbranched alkanes of at least 4 members (excludes halogenated alkanes) is 1. The number of aromatic nitrogens is 1. The van der Waals surface area contributed by atoms with E-state index >= 15 is 0 Å². The molecule has 0 saturated heterocycles. The molecule has 4 nitrogen and oxygen atoms in total. The number of nitrogens with one attached hydrogen (secondary N) is 1. The minimum Gasteiger partial charge on any atom is -0.361 e. The van der Waals surface area contributed by atoms with Gasteiger partial charge in [-0.25, -0.2) is 4.98 Å². The van der Waals surface area contributed by atoms with Gasteiger partial charge in [0, 0.05) is 30.4 Å². The van der Waals surface area contributed by atoms with Crippen molar-refractivity contribution in [2.75, 3.05) is 26.2 Å². The summed E-state index contributed by atoms with van der Waals surface area (Å²) in [6.45, 7) is 8.10. The van der Waals surface area contributed by atoms with Crippen LogP contribution in [0.5, 0.6) is 0 Å². The van der Waals surface area contributed by atoms with Crippen LogP contribution in [0.2, 0.25) is 0 Å². The second-order valence-electron chi connectivity index (χ2n) is 5.40. The van der Waals surface area contributed by atoms with Crippen LogP contribution in [0.15, 0.2) is 35.0 Å². The van der Waals surface area contributed by atoms with Crippen molar-refractivity contribution in [3.8, 4) is 0 Å². The van der Waals surface area contributed by atoms with E-state index in [-0.39, 0.29) is 0 Å². The first-order chi connectivity index (χ1) is 10.2. The topological polar surface area (TPSA) is 54.2 Å². The highest BCUT2D eigenvalue weighted by atomic mass is 32.1. The van der Waals surface area contributed by atoms with Crippen molar-refractivity contribution >= 4 is 11.3 Å². The highest BCUT2D eigenvalue weighted by Crippen LogP contribution is 2.29. The molecule has 2 heterocycles. The third-order valence-electron chi connectivity index (χ3n) is 3.85. The zero-order valence-electron chi connectivity index (χ0n) is 13.0. The predicted octanol–water partition coefficient (Wildman–Crippen LogP) is 2.68. The first kappa shape index (κ1) is 16.2. The number of allylic oxidation sites excluding steroid dienone is 2. The second kappa shape index (κ2) is 8.32. The molecule has 2 rings (SSSR count). The minimum absolute atomic E-state index is 0.325. The summed E-state index contributed by atoms with van der Waals surface area (Å²) in [5, 5.41) is 6.77. The molecule has 21 heavy (non-hydrogen) atoms. The molecule has 0 saturated carbocycles. The molecule has 0 aliphatic carbocycles. The fraction of sp³-hybridized carbons (Fsp3) is 0.562. The van der Waals surface area contributed by atoms with Gasteiger partial charge in [-0.05, 0) is 45.4 Å². The van der Waals surface area contributed by atoms with Gasteiger partial charge in [0.2, 0.25) is 0 Å². The summed E-state index contributed by atoms with van der Waals surface area (Å²) >= 11 is 1.73. The van der Waals surface area contributed by atoms with Gasteiger partial charge in [-0.3, -0.25) is 0 Å². The molecule has 5 heteroatoms. The number of nitrogens with zero attached hydrogens (tertiary/aromatic N) is 2. The van der Waals surface area contributed by atoms with Gasteiger partial charge < -0.3 is 16.0 Å². The lowest BCUT2D eigenvalue weighted by molar-refractivity contribution is 0.283. The SMILES string of the molecule is CC1=C(CNCCCCN)N(C(C)c2nccs2)CC=C1. The lowest BCUT2D eigenvalue weighted by Crippen LogP contribution is -2.35. The average Bonchev–Trinajstić information content (AvgIpc) is 3.02. The van der Waals surface area contributed by atoms with Crippen LogP contribution in [0.25, 0.3) is 0 Å². The van der Waals surface area contributed by atoms with Gasteiger partial charge in [-0.1, -0.05) is 12.2 Å². The molecular formula is C16H26N4S. The van der Waals surface area contributed by atoms with Gasteiger partial charge in [0.05, 0.1) is 6.04 Å². The molecule has 1 aliphatic rings. The van der Waals surface area contributed by atoms with E-state index in [1.54, 1.807) is 11.3 Å². The molecule has 1 aromatic heterocycles.